The zero-order valence-electron chi connectivity index (χ0n) is 17.7. The molecule has 10 heteroatoms. The fourth-order valence-electron chi connectivity index (χ4n) is 3.37. The number of hydrogen-bond donors (Lipinski definition) is 2. The number of aliphatic hydroxyl groups is 1. The van der Waals surface area contributed by atoms with Gasteiger partial charge in [-0.2, -0.15) is 0 Å². The number of phenolic OH excluding ortho intramolecular Hbond substituents is 1. The molecular formula is C22H26F2N4O4. The summed E-state index contributed by atoms with van der Waals surface area (Å²) >= 11 is 0. The molecule has 0 fully saturated rings. The first-order valence-corrected chi connectivity index (χ1v) is 9.89. The lowest BCUT2D eigenvalue weighted by atomic mass is 10.2. The summed E-state index contributed by atoms with van der Waals surface area (Å²) in [6.45, 7) is 0.479. The van der Waals surface area contributed by atoms with E-state index in [0.29, 0.717) is 24.1 Å². The van der Waals surface area contributed by atoms with E-state index in [-0.39, 0.29) is 37.5 Å². The summed E-state index contributed by atoms with van der Waals surface area (Å²) in [6, 6.07) is 11.1. The molecule has 172 valence electrons. The normalized spacial score (nSPS) is 10.9. The number of nitrogens with zero attached hydrogens (tertiary/aromatic N) is 4. The number of halogens is 2. The molecule has 0 aliphatic heterocycles. The quantitative estimate of drug-likeness (QED) is 0.489. The molecule has 0 unspecified atom stereocenters. The third-order valence-corrected chi connectivity index (χ3v) is 5.03. The van der Waals surface area contributed by atoms with Crippen molar-refractivity contribution in [3.05, 3.63) is 86.6 Å². The van der Waals surface area contributed by atoms with Crippen molar-refractivity contribution in [1.82, 2.24) is 18.5 Å². The fraction of sp³-hybridized carbons (Fsp3) is 0.273. The van der Waals surface area contributed by atoms with Crippen LogP contribution in [0, 0.1) is 11.6 Å². The van der Waals surface area contributed by atoms with E-state index in [2.05, 4.69) is 0 Å². The minimum Gasteiger partial charge on any atom is -0.508 e. The van der Waals surface area contributed by atoms with E-state index in [4.69, 9.17) is 10.2 Å². The molecule has 8 nitrogen and oxygen atoms in total. The van der Waals surface area contributed by atoms with Gasteiger partial charge in [0, 0.05) is 28.7 Å². The number of rotatable bonds is 5. The van der Waals surface area contributed by atoms with Gasteiger partial charge in [-0.25, -0.2) is 13.6 Å². The van der Waals surface area contributed by atoms with Gasteiger partial charge in [-0.3, -0.25) is 23.3 Å². The van der Waals surface area contributed by atoms with Crippen LogP contribution in [0.25, 0.3) is 11.2 Å². The lowest BCUT2D eigenvalue weighted by molar-refractivity contribution is 0.277. The number of hydrogen-bond acceptors (Lipinski definition) is 4. The summed E-state index contributed by atoms with van der Waals surface area (Å²) in [7, 11) is 3.38. The second-order valence-electron chi connectivity index (χ2n) is 7.23. The van der Waals surface area contributed by atoms with Crippen LogP contribution in [0.2, 0.25) is 0 Å². The van der Waals surface area contributed by atoms with Crippen molar-refractivity contribution >= 4 is 11.2 Å². The summed E-state index contributed by atoms with van der Waals surface area (Å²) in [5.41, 5.74) is 1.06. The number of benzene rings is 2. The second kappa shape index (κ2) is 9.65. The number of phenols is 1. The molecular weight excluding hydrogens is 422 g/mol. The molecule has 4 aromatic rings. The lowest BCUT2D eigenvalue weighted by Crippen LogP contribution is -2.44. The van der Waals surface area contributed by atoms with Crippen LogP contribution in [-0.2, 0) is 27.2 Å². The molecule has 2 aromatic heterocycles. The predicted molar refractivity (Wildman–Crippen MR) is 118 cm³/mol. The average Bonchev–Trinajstić information content (AvgIpc) is 2.78. The Balaban J connectivity index is 0.000000364. The fourth-order valence-corrected chi connectivity index (χ4v) is 3.37. The number of aliphatic hydroxyl groups excluding tert-OH is 1. The molecule has 0 spiro atoms. The van der Waals surface area contributed by atoms with Crippen molar-refractivity contribution in [2.75, 3.05) is 6.61 Å². The van der Waals surface area contributed by atoms with Crippen LogP contribution < -0.4 is 11.2 Å². The van der Waals surface area contributed by atoms with Gasteiger partial charge in [0.15, 0.2) is 11.2 Å². The third kappa shape index (κ3) is 4.65. The van der Waals surface area contributed by atoms with Gasteiger partial charge in [-0.05, 0) is 48.4 Å². The Labute approximate surface area is 183 Å². The van der Waals surface area contributed by atoms with Gasteiger partial charge in [0.25, 0.3) is 5.56 Å². The van der Waals surface area contributed by atoms with E-state index in [9.17, 15) is 18.4 Å². The van der Waals surface area contributed by atoms with Crippen LogP contribution >= 0.6 is 0 Å². The van der Waals surface area contributed by atoms with E-state index >= 15 is 0 Å². The highest BCUT2D eigenvalue weighted by Gasteiger charge is 2.21. The Morgan fingerprint density at radius 3 is 2.03 bits per heavy atom. The molecule has 0 atom stereocenters. The Bertz CT molecular complexity index is 1300. The summed E-state index contributed by atoms with van der Waals surface area (Å²) in [5.74, 6) is -0.556. The standard InChI is InChI=1S/C16H19FN4O3.C6H5FO.H2/c1-18-14-13(15(23)20(16(18)24)8-3-9-22)21(19(14)2)10-11-4-6-12(17)7-5-11;7-5-1-3-6(8)4-2-5;/h4-7,22H,3,8-10H2,1-2H3;1-4,8H;1H. The predicted octanol–water partition coefficient (Wildman–Crippen LogP) is 2.19. The molecule has 2 aromatic carbocycles. The Kier molecular flexibility index (Phi) is 6.94. The van der Waals surface area contributed by atoms with E-state index in [1.54, 1.807) is 35.6 Å². The Morgan fingerprint density at radius 2 is 1.50 bits per heavy atom. The van der Waals surface area contributed by atoms with Gasteiger partial charge in [-0.1, -0.05) is 12.1 Å². The van der Waals surface area contributed by atoms with Gasteiger partial charge in [-0.15, -0.1) is 0 Å². The molecule has 0 saturated heterocycles. The zero-order chi connectivity index (χ0) is 23.4. The average molecular weight is 448 g/mol. The smallest absolute Gasteiger partial charge is 0.332 e. The molecule has 4 rings (SSSR count). The van der Waals surface area contributed by atoms with Crippen LogP contribution in [0.4, 0.5) is 8.78 Å². The minimum atomic E-state index is -0.402. The summed E-state index contributed by atoms with van der Waals surface area (Å²) in [4.78, 5) is 25.0. The van der Waals surface area contributed by atoms with Crippen molar-refractivity contribution in [3.63, 3.8) is 0 Å². The van der Waals surface area contributed by atoms with Crippen LogP contribution in [-0.4, -0.2) is 35.3 Å². The van der Waals surface area contributed by atoms with E-state index < -0.39 is 5.69 Å². The van der Waals surface area contributed by atoms with Gasteiger partial charge in [0.1, 0.15) is 17.4 Å². The largest absolute Gasteiger partial charge is 0.508 e. The molecule has 0 bridgehead atoms. The first kappa shape index (κ1) is 23.0. The lowest BCUT2D eigenvalue weighted by Gasteiger charge is -2.25. The Hall–Kier alpha value is -3.66. The van der Waals surface area contributed by atoms with Gasteiger partial charge in [0.05, 0.1) is 6.54 Å². The number of aromatic nitrogens is 4. The van der Waals surface area contributed by atoms with Crippen LogP contribution in [0.1, 0.15) is 13.4 Å². The van der Waals surface area contributed by atoms with Crippen LogP contribution in [0.3, 0.4) is 0 Å². The van der Waals surface area contributed by atoms with Crippen molar-refractivity contribution in [2.45, 2.75) is 19.5 Å². The van der Waals surface area contributed by atoms with Crippen molar-refractivity contribution in [1.29, 1.82) is 0 Å². The topological polar surface area (TPSA) is 94.3 Å². The number of fused-ring (bicyclic) bond motifs is 1. The third-order valence-electron chi connectivity index (χ3n) is 5.03. The van der Waals surface area contributed by atoms with Crippen LogP contribution in [0.15, 0.2) is 58.1 Å². The molecule has 0 amide bonds. The van der Waals surface area contributed by atoms with Gasteiger partial charge >= 0.3 is 5.69 Å². The minimum absolute atomic E-state index is 0. The van der Waals surface area contributed by atoms with E-state index in [1.807, 2.05) is 0 Å². The summed E-state index contributed by atoms with van der Waals surface area (Å²) in [6.07, 6.45) is 0.335. The van der Waals surface area contributed by atoms with Gasteiger partial charge < -0.3 is 10.2 Å². The highest BCUT2D eigenvalue weighted by molar-refractivity contribution is 5.73. The number of aryl methyl sites for hydroxylation is 2. The summed E-state index contributed by atoms with van der Waals surface area (Å²) < 4.78 is 31.1. The SMILES string of the molecule is Cn1c(=O)n(CCCO)c(=O)c2c1n(C)n2Cc1ccc(F)cc1.Oc1ccc(F)cc1.[HH]. The maximum Gasteiger partial charge on any atom is 0.332 e. The first-order valence-electron chi connectivity index (χ1n) is 9.89. The second-order valence-corrected chi connectivity index (χ2v) is 7.23. The van der Waals surface area contributed by atoms with Gasteiger partial charge in [0.2, 0.25) is 0 Å². The first-order chi connectivity index (χ1) is 15.2. The van der Waals surface area contributed by atoms with Crippen LogP contribution in [0.5, 0.6) is 5.75 Å². The van der Waals surface area contributed by atoms with Crippen molar-refractivity contribution < 1.29 is 20.4 Å². The summed E-state index contributed by atoms with van der Waals surface area (Å²) in [5, 5.41) is 17.5. The molecule has 2 heterocycles. The van der Waals surface area contributed by atoms with E-state index in [1.165, 1.54) is 41.0 Å². The maximum absolute atomic E-state index is 13.0. The monoisotopic (exact) mass is 448 g/mol. The highest BCUT2D eigenvalue weighted by Crippen LogP contribution is 2.15. The Morgan fingerprint density at radius 1 is 0.938 bits per heavy atom. The maximum atomic E-state index is 13.0. The molecule has 0 aliphatic rings. The molecule has 2 N–H and O–H groups in total. The highest BCUT2D eigenvalue weighted by atomic mass is 19.1. The number of aromatic hydroxyl groups is 1. The molecule has 0 radical (unpaired) electrons. The van der Waals surface area contributed by atoms with Crippen molar-refractivity contribution in [3.8, 4) is 5.75 Å². The molecule has 32 heavy (non-hydrogen) atoms. The van der Waals surface area contributed by atoms with E-state index in [0.717, 1.165) is 10.1 Å². The zero-order valence-corrected chi connectivity index (χ0v) is 17.7. The van der Waals surface area contributed by atoms with Crippen molar-refractivity contribution in [2.24, 2.45) is 14.1 Å². The molecule has 0 aliphatic carbocycles. The molecule has 0 saturated carbocycles.